The van der Waals surface area contributed by atoms with Gasteiger partial charge in [0.05, 0.1) is 14.9 Å². The molecule has 1 aromatic rings. The molecule has 0 aliphatic carbocycles. The van der Waals surface area contributed by atoms with E-state index in [9.17, 15) is 13.2 Å². The second kappa shape index (κ2) is 6.23. The maximum Gasteiger partial charge on any atom is 0.235 e. The summed E-state index contributed by atoms with van der Waals surface area (Å²) in [6.45, 7) is 0. The normalized spacial score (nSPS) is 11.6. The van der Waals surface area contributed by atoms with Gasteiger partial charge in [0.15, 0.2) is 0 Å². The summed E-state index contributed by atoms with van der Waals surface area (Å²) >= 11 is 13.0. The van der Waals surface area contributed by atoms with Crippen molar-refractivity contribution >= 4 is 50.5 Å². The molecule has 102 valence electrons. The van der Waals surface area contributed by atoms with Crippen LogP contribution in [0.5, 0.6) is 0 Å². The number of amides is 1. The average Bonchev–Trinajstić information content (AvgIpc) is 2.55. The Morgan fingerprint density at radius 3 is 2.50 bits per heavy atom. The predicted octanol–water partition coefficient (Wildman–Crippen LogP) is 2.80. The van der Waals surface area contributed by atoms with Gasteiger partial charge in [0.2, 0.25) is 15.9 Å². The third-order valence-corrected chi connectivity index (χ3v) is 5.18. The summed E-state index contributed by atoms with van der Waals surface area (Å²) in [5.41, 5.74) is 0.890. The van der Waals surface area contributed by atoms with Gasteiger partial charge in [-0.25, -0.2) is 12.7 Å². The van der Waals surface area contributed by atoms with Crippen LogP contribution in [0.25, 0.3) is 0 Å². The number of hydrogen-bond acceptors (Lipinski definition) is 4. The van der Waals surface area contributed by atoms with Crippen LogP contribution >= 0.6 is 34.5 Å². The van der Waals surface area contributed by atoms with Crippen molar-refractivity contribution in [2.45, 2.75) is 19.3 Å². The van der Waals surface area contributed by atoms with Crippen molar-refractivity contribution < 1.29 is 13.2 Å². The Bertz CT molecular complexity index is 539. The van der Waals surface area contributed by atoms with E-state index < -0.39 is 15.9 Å². The zero-order chi connectivity index (χ0) is 13.9. The van der Waals surface area contributed by atoms with Gasteiger partial charge in [-0.1, -0.05) is 23.2 Å². The number of sulfonamides is 1. The van der Waals surface area contributed by atoms with Crippen LogP contribution in [0.4, 0.5) is 0 Å². The monoisotopic (exact) mass is 329 g/mol. The smallest absolute Gasteiger partial charge is 0.235 e. The fourth-order valence-corrected chi connectivity index (χ4v) is 3.32. The third-order valence-electron chi connectivity index (χ3n) is 2.41. The van der Waals surface area contributed by atoms with Gasteiger partial charge >= 0.3 is 0 Å². The van der Waals surface area contributed by atoms with Crippen molar-refractivity contribution in [2.75, 3.05) is 13.3 Å². The molecule has 18 heavy (non-hydrogen) atoms. The molecule has 4 nitrogen and oxygen atoms in total. The summed E-state index contributed by atoms with van der Waals surface area (Å²) < 4.78 is 24.2. The number of carbonyl (C=O) groups excluding carboxylic acids is 1. The Balaban J connectivity index is 2.48. The minimum atomic E-state index is -3.46. The van der Waals surface area contributed by atoms with Gasteiger partial charge in [0.25, 0.3) is 0 Å². The van der Waals surface area contributed by atoms with Crippen molar-refractivity contribution in [3.8, 4) is 0 Å². The third kappa shape index (κ3) is 4.42. The highest BCUT2D eigenvalue weighted by atomic mass is 35.5. The van der Waals surface area contributed by atoms with Crippen LogP contribution in [-0.2, 0) is 21.2 Å². The molecule has 1 aromatic heterocycles. The second-order valence-corrected chi connectivity index (χ2v) is 8.13. The molecule has 1 rings (SSSR count). The molecular formula is C10H13Cl2NO3S2. The maximum absolute atomic E-state index is 11.6. The van der Waals surface area contributed by atoms with E-state index in [0.717, 1.165) is 16.1 Å². The Hall–Kier alpha value is -0.300. The zero-order valence-electron chi connectivity index (χ0n) is 9.94. The molecule has 0 atom stereocenters. The summed E-state index contributed by atoms with van der Waals surface area (Å²) in [7, 11) is -2.21. The Morgan fingerprint density at radius 1 is 1.44 bits per heavy atom. The van der Waals surface area contributed by atoms with Crippen LogP contribution in [0, 0.1) is 0 Å². The zero-order valence-corrected chi connectivity index (χ0v) is 13.1. The van der Waals surface area contributed by atoms with Gasteiger partial charge in [0, 0.05) is 13.5 Å². The number of nitrogens with zero attached hydrogens (tertiary/aromatic N) is 1. The predicted molar refractivity (Wildman–Crippen MR) is 74.9 cm³/mol. The standard InChI is InChI=1S/C10H13Cl2NO3S2/c1-13(18(2,15)16)9(14)5-3-4-7-6-8(11)17-10(7)12/h6H,3-5H2,1-2H3. The van der Waals surface area contributed by atoms with Crippen molar-refractivity contribution in [3.05, 3.63) is 20.3 Å². The fraction of sp³-hybridized carbons (Fsp3) is 0.500. The van der Waals surface area contributed by atoms with Crippen molar-refractivity contribution in [3.63, 3.8) is 0 Å². The molecule has 0 aromatic carbocycles. The largest absolute Gasteiger partial charge is 0.274 e. The first-order valence-corrected chi connectivity index (χ1v) is 8.54. The quantitative estimate of drug-likeness (QED) is 0.834. The molecule has 0 saturated heterocycles. The highest BCUT2D eigenvalue weighted by Gasteiger charge is 2.17. The molecule has 0 fully saturated rings. The molecule has 0 saturated carbocycles. The molecule has 0 N–H and O–H groups in total. The summed E-state index contributed by atoms with van der Waals surface area (Å²) in [6.07, 6.45) is 2.30. The summed E-state index contributed by atoms with van der Waals surface area (Å²) in [4.78, 5) is 11.6. The molecule has 0 spiro atoms. The van der Waals surface area contributed by atoms with Crippen molar-refractivity contribution in [2.24, 2.45) is 0 Å². The first-order valence-electron chi connectivity index (χ1n) is 5.12. The average molecular weight is 330 g/mol. The molecule has 8 heteroatoms. The highest BCUT2D eigenvalue weighted by Crippen LogP contribution is 2.32. The fourth-order valence-electron chi connectivity index (χ4n) is 1.32. The van der Waals surface area contributed by atoms with Gasteiger partial charge in [-0.2, -0.15) is 0 Å². The minimum Gasteiger partial charge on any atom is -0.274 e. The number of hydrogen-bond donors (Lipinski definition) is 0. The molecule has 1 heterocycles. The number of halogens is 2. The van der Waals surface area contributed by atoms with E-state index >= 15 is 0 Å². The van der Waals surface area contributed by atoms with Gasteiger partial charge in [-0.15, -0.1) is 11.3 Å². The molecule has 0 unspecified atom stereocenters. The van der Waals surface area contributed by atoms with E-state index in [1.807, 2.05) is 0 Å². The number of carbonyl (C=O) groups is 1. The van der Waals surface area contributed by atoms with Gasteiger partial charge in [0.1, 0.15) is 0 Å². The van der Waals surface area contributed by atoms with Crippen LogP contribution in [-0.4, -0.2) is 31.9 Å². The van der Waals surface area contributed by atoms with E-state index in [1.165, 1.54) is 18.4 Å². The van der Waals surface area contributed by atoms with Gasteiger partial charge in [-0.3, -0.25) is 4.79 Å². The first-order chi connectivity index (χ1) is 8.21. The number of aryl methyl sites for hydroxylation is 1. The van der Waals surface area contributed by atoms with E-state index in [4.69, 9.17) is 23.2 Å². The first kappa shape index (κ1) is 15.8. The lowest BCUT2D eigenvalue weighted by atomic mass is 10.1. The van der Waals surface area contributed by atoms with Crippen LogP contribution in [0.3, 0.4) is 0 Å². The topological polar surface area (TPSA) is 54.5 Å². The highest BCUT2D eigenvalue weighted by molar-refractivity contribution is 7.88. The summed E-state index contributed by atoms with van der Waals surface area (Å²) in [5, 5.41) is 0. The minimum absolute atomic E-state index is 0.160. The Morgan fingerprint density at radius 2 is 2.06 bits per heavy atom. The lowest BCUT2D eigenvalue weighted by Crippen LogP contribution is -2.32. The molecule has 0 aliphatic rings. The number of thiophene rings is 1. The Kier molecular flexibility index (Phi) is 5.46. The van der Waals surface area contributed by atoms with Crippen LogP contribution in [0.1, 0.15) is 18.4 Å². The molecule has 0 radical (unpaired) electrons. The van der Waals surface area contributed by atoms with Gasteiger partial charge in [-0.05, 0) is 24.5 Å². The number of rotatable bonds is 5. The van der Waals surface area contributed by atoms with Crippen molar-refractivity contribution in [1.29, 1.82) is 0 Å². The van der Waals surface area contributed by atoms with E-state index in [2.05, 4.69) is 0 Å². The summed E-state index contributed by atoms with van der Waals surface area (Å²) in [5.74, 6) is -0.421. The SMILES string of the molecule is CN(C(=O)CCCc1cc(Cl)sc1Cl)S(C)(=O)=O. The lowest BCUT2D eigenvalue weighted by Gasteiger charge is -2.13. The van der Waals surface area contributed by atoms with Crippen LogP contribution in [0.2, 0.25) is 8.67 Å². The van der Waals surface area contributed by atoms with Crippen molar-refractivity contribution in [1.82, 2.24) is 4.31 Å². The van der Waals surface area contributed by atoms with Crippen LogP contribution in [0.15, 0.2) is 6.07 Å². The van der Waals surface area contributed by atoms with Gasteiger partial charge < -0.3 is 0 Å². The maximum atomic E-state index is 11.6. The molecule has 0 aliphatic heterocycles. The van der Waals surface area contributed by atoms with E-state index in [-0.39, 0.29) is 6.42 Å². The molecule has 1 amide bonds. The lowest BCUT2D eigenvalue weighted by molar-refractivity contribution is -0.125. The van der Waals surface area contributed by atoms with E-state index in [0.29, 0.717) is 21.5 Å². The Labute approximate surface area is 121 Å². The molecular weight excluding hydrogens is 317 g/mol. The summed E-state index contributed by atoms with van der Waals surface area (Å²) in [6, 6.07) is 1.76. The molecule has 0 bridgehead atoms. The van der Waals surface area contributed by atoms with E-state index in [1.54, 1.807) is 6.07 Å². The second-order valence-electron chi connectivity index (χ2n) is 3.83. The van der Waals surface area contributed by atoms with Crippen LogP contribution < -0.4 is 0 Å².